The number of sulfonamides is 1. The van der Waals surface area contributed by atoms with Crippen molar-refractivity contribution in [1.29, 1.82) is 0 Å². The average molecular weight is 729 g/mol. The summed E-state index contributed by atoms with van der Waals surface area (Å²) in [7, 11) is -5.96. The Labute approximate surface area is 288 Å². The number of carbonyl (C=O) groups is 1. The predicted molar refractivity (Wildman–Crippen MR) is 180 cm³/mol. The minimum atomic E-state index is -4.03. The van der Waals surface area contributed by atoms with Crippen LogP contribution < -0.4 is 14.8 Å². The van der Waals surface area contributed by atoms with Crippen molar-refractivity contribution in [1.82, 2.24) is 9.62 Å². The van der Waals surface area contributed by atoms with Crippen LogP contribution in [0.5, 0.6) is 11.5 Å². The van der Waals surface area contributed by atoms with Gasteiger partial charge in [0.1, 0.15) is 17.6 Å². The standard InChI is InChI=1S/C33H49N2O12PS/c1-6-45-48(38,46-7-2)22-44-26-10-8-24(9-11-26)18-29(34-33(37)47-31-21-43-32-28(31)16-17-42-32)30(36)20-35(19-23(3)4)49(39,40)27-14-12-25(41-5)13-15-27/h8-15,23,28-32,36H,6-7,16-22H2,1-5H3,(H,34,37). The fourth-order valence-electron chi connectivity index (χ4n) is 5.70. The molecular formula is C33H49N2O12PS. The Morgan fingerprint density at radius 1 is 1.02 bits per heavy atom. The van der Waals surface area contributed by atoms with Gasteiger partial charge in [-0.2, -0.15) is 4.31 Å². The molecule has 2 fully saturated rings. The van der Waals surface area contributed by atoms with Gasteiger partial charge in [0.25, 0.3) is 0 Å². The number of benzene rings is 2. The molecule has 2 saturated heterocycles. The van der Waals surface area contributed by atoms with E-state index in [1.807, 2.05) is 13.8 Å². The van der Waals surface area contributed by atoms with E-state index < -0.39 is 48.3 Å². The maximum atomic E-state index is 13.8. The lowest BCUT2D eigenvalue weighted by Gasteiger charge is -2.31. The van der Waals surface area contributed by atoms with E-state index in [4.69, 9.17) is 32.7 Å². The third-order valence-electron chi connectivity index (χ3n) is 8.09. The fourth-order valence-corrected chi connectivity index (χ4v) is 8.64. The Balaban J connectivity index is 1.52. The smallest absolute Gasteiger partial charge is 0.407 e. The first-order valence-electron chi connectivity index (χ1n) is 16.5. The number of aliphatic hydroxyl groups is 1. The highest BCUT2D eigenvalue weighted by Crippen LogP contribution is 2.47. The van der Waals surface area contributed by atoms with Gasteiger partial charge in [0.15, 0.2) is 12.6 Å². The molecule has 0 aliphatic carbocycles. The first-order valence-corrected chi connectivity index (χ1v) is 19.7. The molecule has 2 aromatic carbocycles. The largest absolute Gasteiger partial charge is 0.497 e. The van der Waals surface area contributed by atoms with E-state index in [0.717, 1.165) is 0 Å². The van der Waals surface area contributed by atoms with Crippen molar-refractivity contribution in [2.75, 3.05) is 53.0 Å². The summed E-state index contributed by atoms with van der Waals surface area (Å²) >= 11 is 0. The summed E-state index contributed by atoms with van der Waals surface area (Å²) in [4.78, 5) is 13.3. The Morgan fingerprint density at radius 3 is 2.29 bits per heavy atom. The third kappa shape index (κ3) is 10.9. The van der Waals surface area contributed by atoms with E-state index in [0.29, 0.717) is 30.1 Å². The van der Waals surface area contributed by atoms with E-state index in [2.05, 4.69) is 5.32 Å². The number of fused-ring (bicyclic) bond motifs is 1. The molecule has 49 heavy (non-hydrogen) atoms. The van der Waals surface area contributed by atoms with Crippen LogP contribution in [0.3, 0.4) is 0 Å². The van der Waals surface area contributed by atoms with Gasteiger partial charge >= 0.3 is 13.7 Å². The van der Waals surface area contributed by atoms with Crippen molar-refractivity contribution in [3.8, 4) is 11.5 Å². The molecule has 2 N–H and O–H groups in total. The minimum absolute atomic E-state index is 0.0495. The lowest BCUT2D eigenvalue weighted by Crippen LogP contribution is -2.51. The molecule has 0 bridgehead atoms. The zero-order valence-corrected chi connectivity index (χ0v) is 30.4. The van der Waals surface area contributed by atoms with Crippen LogP contribution in [0, 0.1) is 11.8 Å². The fraction of sp³-hybridized carbons (Fsp3) is 0.606. The summed E-state index contributed by atoms with van der Waals surface area (Å²) in [5, 5.41) is 14.4. The molecule has 2 aliphatic rings. The molecule has 0 radical (unpaired) electrons. The second-order valence-electron chi connectivity index (χ2n) is 12.2. The summed E-state index contributed by atoms with van der Waals surface area (Å²) in [6.45, 7) is 8.14. The lowest BCUT2D eigenvalue weighted by atomic mass is 10.0. The van der Waals surface area contributed by atoms with Gasteiger partial charge in [0.05, 0.1) is 56.5 Å². The van der Waals surface area contributed by atoms with Gasteiger partial charge in [-0.25, -0.2) is 13.2 Å². The molecule has 5 unspecified atom stereocenters. The van der Waals surface area contributed by atoms with Crippen LogP contribution in [0.15, 0.2) is 53.4 Å². The maximum absolute atomic E-state index is 13.8. The number of hydrogen-bond donors (Lipinski definition) is 2. The number of hydrogen-bond acceptors (Lipinski definition) is 12. The number of alkyl carbamates (subject to hydrolysis) is 1. The van der Waals surface area contributed by atoms with Gasteiger partial charge in [0, 0.05) is 13.1 Å². The number of amides is 1. The Morgan fingerprint density at radius 2 is 1.67 bits per heavy atom. The summed E-state index contributed by atoms with van der Waals surface area (Å²) in [6.07, 6.45) is -2.47. The Kier molecular flexibility index (Phi) is 14.3. The van der Waals surface area contributed by atoms with Crippen LogP contribution >= 0.6 is 7.60 Å². The molecule has 0 aromatic heterocycles. The molecule has 5 atom stereocenters. The molecule has 0 spiro atoms. The molecule has 14 nitrogen and oxygen atoms in total. The Hall–Kier alpha value is -2.75. The number of nitrogens with one attached hydrogen (secondary N) is 1. The molecule has 2 aliphatic heterocycles. The second-order valence-corrected chi connectivity index (χ2v) is 16.2. The minimum Gasteiger partial charge on any atom is -0.497 e. The van der Waals surface area contributed by atoms with Crippen LogP contribution in [-0.2, 0) is 44.3 Å². The zero-order valence-electron chi connectivity index (χ0n) is 28.7. The quantitative estimate of drug-likeness (QED) is 0.196. The highest BCUT2D eigenvalue weighted by atomic mass is 32.2. The zero-order chi connectivity index (χ0) is 35.6. The molecule has 2 heterocycles. The lowest BCUT2D eigenvalue weighted by molar-refractivity contribution is -0.0907. The van der Waals surface area contributed by atoms with Crippen molar-refractivity contribution in [2.45, 2.75) is 70.0 Å². The van der Waals surface area contributed by atoms with Gasteiger partial charge < -0.3 is 43.2 Å². The monoisotopic (exact) mass is 728 g/mol. The summed E-state index contributed by atoms with van der Waals surface area (Å²) in [5.74, 6) is 0.776. The van der Waals surface area contributed by atoms with E-state index in [1.165, 1.54) is 23.5 Å². The number of nitrogens with zero attached hydrogens (tertiary/aromatic N) is 1. The first kappa shape index (κ1) is 39.0. The molecule has 4 rings (SSSR count). The van der Waals surface area contributed by atoms with Crippen LogP contribution in [0.25, 0.3) is 0 Å². The third-order valence-corrected chi connectivity index (χ3v) is 11.7. The van der Waals surface area contributed by atoms with Crippen molar-refractivity contribution in [3.63, 3.8) is 0 Å². The molecule has 0 saturated carbocycles. The van der Waals surface area contributed by atoms with E-state index in [9.17, 15) is 22.9 Å². The predicted octanol–water partition coefficient (Wildman–Crippen LogP) is 4.40. The summed E-state index contributed by atoms with van der Waals surface area (Å²) in [5.41, 5.74) is 0.705. The van der Waals surface area contributed by atoms with Crippen LogP contribution in [-0.4, -0.2) is 101 Å². The number of methoxy groups -OCH3 is 1. The van der Waals surface area contributed by atoms with Gasteiger partial charge in [-0.15, -0.1) is 0 Å². The van der Waals surface area contributed by atoms with Crippen LogP contribution in [0.2, 0.25) is 0 Å². The van der Waals surface area contributed by atoms with E-state index >= 15 is 0 Å². The number of carbonyl (C=O) groups excluding carboxylic acids is 1. The second kappa shape index (κ2) is 18.0. The average Bonchev–Trinajstić information content (AvgIpc) is 3.69. The molecule has 16 heteroatoms. The number of aliphatic hydroxyl groups excluding tert-OH is 1. The normalized spacial score (nSPS) is 20.6. The van der Waals surface area contributed by atoms with E-state index in [1.54, 1.807) is 50.2 Å². The highest BCUT2D eigenvalue weighted by Gasteiger charge is 2.44. The van der Waals surface area contributed by atoms with Crippen molar-refractivity contribution >= 4 is 23.7 Å². The van der Waals surface area contributed by atoms with Gasteiger partial charge in [-0.05, 0) is 74.6 Å². The molecular weight excluding hydrogens is 679 g/mol. The van der Waals surface area contributed by atoms with Gasteiger partial charge in [0.2, 0.25) is 10.0 Å². The molecule has 274 valence electrons. The molecule has 2 aromatic rings. The van der Waals surface area contributed by atoms with Gasteiger partial charge in [-0.3, -0.25) is 4.57 Å². The SMILES string of the molecule is CCOP(=O)(COc1ccc(CC(NC(=O)OC2COC3OCCC23)C(O)CN(CC(C)C)S(=O)(=O)c2ccc(OC)cc2)cc1)OCC. The number of ether oxygens (including phenoxy) is 5. The van der Waals surface area contributed by atoms with Crippen LogP contribution in [0.1, 0.15) is 39.7 Å². The van der Waals surface area contributed by atoms with Crippen molar-refractivity contribution in [2.24, 2.45) is 11.8 Å². The maximum Gasteiger partial charge on any atom is 0.407 e. The van der Waals surface area contributed by atoms with Crippen molar-refractivity contribution in [3.05, 3.63) is 54.1 Å². The topological polar surface area (TPSA) is 168 Å². The van der Waals surface area contributed by atoms with E-state index in [-0.39, 0.29) is 62.4 Å². The summed E-state index contributed by atoms with van der Waals surface area (Å²) < 4.78 is 79.8. The molecule has 1 amide bonds. The number of rotatable bonds is 19. The van der Waals surface area contributed by atoms with Crippen molar-refractivity contribution < 1.29 is 55.6 Å². The highest BCUT2D eigenvalue weighted by molar-refractivity contribution is 7.89. The van der Waals surface area contributed by atoms with Gasteiger partial charge in [-0.1, -0.05) is 26.0 Å². The Bertz CT molecular complexity index is 1480. The van der Waals surface area contributed by atoms with Crippen LogP contribution in [0.4, 0.5) is 4.79 Å². The first-order chi connectivity index (χ1) is 23.4. The summed E-state index contributed by atoms with van der Waals surface area (Å²) in [6, 6.07) is 11.9.